The first-order valence-corrected chi connectivity index (χ1v) is 24.5. The molecule has 13 unspecified atom stereocenters. The lowest BCUT2D eigenvalue weighted by molar-refractivity contribution is -0.277. The summed E-state index contributed by atoms with van der Waals surface area (Å²) in [7, 11) is 0. The summed E-state index contributed by atoms with van der Waals surface area (Å²) in [5.74, 6) is 1.53. The van der Waals surface area contributed by atoms with E-state index < -0.39 is 22.3 Å². The summed E-state index contributed by atoms with van der Waals surface area (Å²) in [6, 6.07) is 13.5. The summed E-state index contributed by atoms with van der Waals surface area (Å²) in [6.07, 6.45) is 21.1. The van der Waals surface area contributed by atoms with E-state index in [4.69, 9.17) is 15.2 Å². The topological polar surface area (TPSA) is 105 Å². The van der Waals surface area contributed by atoms with Crippen LogP contribution in [0.15, 0.2) is 100 Å². The first-order chi connectivity index (χ1) is 30.7. The predicted octanol–water partition coefficient (Wildman–Crippen LogP) is 8.64. The molecule has 13 atom stereocenters. The summed E-state index contributed by atoms with van der Waals surface area (Å²) in [6.45, 7) is 8.26. The van der Waals surface area contributed by atoms with Gasteiger partial charge in [0.05, 0.1) is 17.0 Å². The van der Waals surface area contributed by atoms with Gasteiger partial charge in [0, 0.05) is 55.2 Å². The van der Waals surface area contributed by atoms with Crippen molar-refractivity contribution < 1.29 is 24.2 Å². The van der Waals surface area contributed by atoms with Crippen molar-refractivity contribution in [1.29, 1.82) is 0 Å². The van der Waals surface area contributed by atoms with Gasteiger partial charge in [-0.2, -0.15) is 0 Å². The fraction of sp³-hybridized carbons (Fsp3) is 0.527. The van der Waals surface area contributed by atoms with Crippen LogP contribution < -0.4 is 5.73 Å². The molecule has 6 aliphatic carbocycles. The second-order valence-corrected chi connectivity index (χ2v) is 22.0. The summed E-state index contributed by atoms with van der Waals surface area (Å²) in [5.41, 5.74) is 16.1. The summed E-state index contributed by atoms with van der Waals surface area (Å²) >= 11 is 0. The van der Waals surface area contributed by atoms with E-state index in [1.54, 1.807) is 0 Å². The van der Waals surface area contributed by atoms with Gasteiger partial charge in [-0.25, -0.2) is 4.79 Å². The smallest absolute Gasteiger partial charge is 0.339 e. The SMILES string of the molecule is CC1CC2=C3C4C5=C6C=C(Cc7cccc8c7C=CC(CC8)CC7C68C(=O)OC(=C(O)CC(C)N6CC9CC(C6)C(C=C2)N3C9)C8(CC5)C72OC(=O)c3c(CCCN)cccc32)C14. The van der Waals surface area contributed by atoms with E-state index in [2.05, 4.69) is 90.4 Å². The standard InChI is InChI=1S/C55H59N3O5/c1-29-20-36-14-16-43-38-22-32-26-57(28-38)30(2)21-44(59)50-53-18-17-40-42-25-37(46(29)48(40)49(36)58(43)27-32)24-35-8-3-6-33-13-11-31(12-15-39(33)35)23-45(54(42,53)52(61)62-50)55(53)41-10-4-7-34(9-5-19-56)47(41)51(60)63-55/h3-4,6-8,10,12,14-16,25,29-32,38,43,45-46,48,59H,5,9,11,13,17-24,26-28,56H2,1-2H3. The van der Waals surface area contributed by atoms with Crippen molar-refractivity contribution in [3.05, 3.63) is 134 Å². The van der Waals surface area contributed by atoms with Crippen LogP contribution >= 0.6 is 0 Å². The number of allylic oxidation sites excluding steroid dienone is 6. The number of aryl methyl sites for hydroxylation is 2. The molecule has 3 N–H and O–H groups in total. The average Bonchev–Trinajstić information content (AvgIpc) is 3.62. The minimum absolute atomic E-state index is 0.0298. The van der Waals surface area contributed by atoms with Gasteiger partial charge in [-0.3, -0.25) is 9.69 Å². The van der Waals surface area contributed by atoms with Gasteiger partial charge in [-0.1, -0.05) is 84.8 Å². The van der Waals surface area contributed by atoms with Crippen molar-refractivity contribution in [3.8, 4) is 0 Å². The molecule has 4 fully saturated rings. The van der Waals surface area contributed by atoms with Crippen LogP contribution in [-0.2, 0) is 39.1 Å². The molecule has 3 spiro atoms. The van der Waals surface area contributed by atoms with Crippen molar-refractivity contribution in [1.82, 2.24) is 9.80 Å². The summed E-state index contributed by atoms with van der Waals surface area (Å²) in [4.78, 5) is 36.5. The number of aliphatic hydroxyl groups excluding tert-OH is 1. The number of hydrogen-bond donors (Lipinski definition) is 2. The van der Waals surface area contributed by atoms with Gasteiger partial charge < -0.3 is 25.2 Å². The molecular formula is C55H59N3O5. The minimum atomic E-state index is -1.21. The highest BCUT2D eigenvalue weighted by atomic mass is 16.6. The van der Waals surface area contributed by atoms with Gasteiger partial charge in [-0.05, 0) is 141 Å². The van der Waals surface area contributed by atoms with E-state index >= 15 is 4.79 Å². The number of ether oxygens (including phenoxy) is 2. The number of hydrogen-bond acceptors (Lipinski definition) is 8. The Kier molecular flexibility index (Phi) is 7.65. The lowest BCUT2D eigenvalue weighted by Crippen LogP contribution is -2.77. The zero-order valence-electron chi connectivity index (χ0n) is 36.7. The van der Waals surface area contributed by atoms with Crippen LogP contribution in [-0.4, -0.2) is 65.1 Å². The molecule has 8 nitrogen and oxygen atoms in total. The quantitative estimate of drug-likeness (QED) is 0.296. The maximum absolute atomic E-state index is 16.1. The molecular weight excluding hydrogens is 783 g/mol. The first kappa shape index (κ1) is 37.7. The summed E-state index contributed by atoms with van der Waals surface area (Å²) in [5, 5.41) is 13.0. The molecule has 2 aromatic carbocycles. The van der Waals surface area contributed by atoms with Crippen LogP contribution in [0.25, 0.3) is 6.08 Å². The minimum Gasteiger partial charge on any atom is -0.509 e. The number of nitrogens with zero attached hydrogens (tertiary/aromatic N) is 2. The second kappa shape index (κ2) is 12.8. The molecule has 324 valence electrons. The number of nitrogens with two attached hydrogens (primary N) is 1. The fourth-order valence-electron chi connectivity index (χ4n) is 17.2. The monoisotopic (exact) mass is 841 g/mol. The Hall–Kier alpha value is -4.66. The molecule has 63 heavy (non-hydrogen) atoms. The molecule has 1 saturated carbocycles. The molecule has 0 aromatic heterocycles. The highest BCUT2D eigenvalue weighted by Crippen LogP contribution is 2.87. The van der Waals surface area contributed by atoms with E-state index in [1.165, 1.54) is 45.5 Å². The van der Waals surface area contributed by atoms with Gasteiger partial charge in [-0.15, -0.1) is 0 Å². The Morgan fingerprint density at radius 2 is 1.84 bits per heavy atom. The number of benzene rings is 2. The lowest BCUT2D eigenvalue weighted by atomic mass is 9.28. The molecule has 2 aromatic rings. The number of piperidine rings is 2. The van der Waals surface area contributed by atoms with Crippen LogP contribution in [0.3, 0.4) is 0 Å². The number of rotatable bonds is 3. The number of esters is 2. The van der Waals surface area contributed by atoms with Crippen LogP contribution in [0.1, 0.15) is 103 Å². The number of fused-ring (bicyclic) bond motifs is 5. The van der Waals surface area contributed by atoms with Crippen LogP contribution in [0.4, 0.5) is 0 Å². The second-order valence-electron chi connectivity index (χ2n) is 22.0. The largest absolute Gasteiger partial charge is 0.509 e. The Balaban J connectivity index is 1.10. The fourth-order valence-corrected chi connectivity index (χ4v) is 17.2. The van der Waals surface area contributed by atoms with Gasteiger partial charge in [0.25, 0.3) is 0 Å². The van der Waals surface area contributed by atoms with E-state index in [1.807, 2.05) is 0 Å². The van der Waals surface area contributed by atoms with Crippen molar-refractivity contribution in [2.24, 2.45) is 58.0 Å². The lowest BCUT2D eigenvalue weighted by Gasteiger charge is -2.71. The van der Waals surface area contributed by atoms with Gasteiger partial charge in [0.2, 0.25) is 0 Å². The first-order valence-electron chi connectivity index (χ1n) is 24.5. The third-order valence-corrected chi connectivity index (χ3v) is 19.3. The van der Waals surface area contributed by atoms with Crippen LogP contribution in [0.2, 0.25) is 0 Å². The molecule has 0 radical (unpaired) electrons. The average molecular weight is 842 g/mol. The van der Waals surface area contributed by atoms with Gasteiger partial charge in [0.1, 0.15) is 11.2 Å². The molecule has 15 bridgehead atoms. The zero-order chi connectivity index (χ0) is 42.3. The molecule has 3 saturated heterocycles. The van der Waals surface area contributed by atoms with Gasteiger partial charge >= 0.3 is 11.9 Å². The van der Waals surface area contributed by atoms with E-state index in [-0.39, 0.29) is 41.5 Å². The molecule has 17 rings (SSSR count). The molecule has 15 aliphatic rings. The Morgan fingerprint density at radius 1 is 0.968 bits per heavy atom. The number of aliphatic hydroxyl groups is 1. The maximum atomic E-state index is 16.1. The Morgan fingerprint density at radius 3 is 2.73 bits per heavy atom. The molecule has 9 heterocycles. The third-order valence-electron chi connectivity index (χ3n) is 19.3. The normalized spacial score (nSPS) is 41.6. The number of carbonyl (C=O) groups excluding carboxylic acids is 2. The summed E-state index contributed by atoms with van der Waals surface area (Å²) < 4.78 is 14.2. The maximum Gasteiger partial charge on any atom is 0.339 e. The van der Waals surface area contributed by atoms with E-state index in [0.29, 0.717) is 67.3 Å². The van der Waals surface area contributed by atoms with E-state index in [0.717, 1.165) is 74.9 Å². The predicted molar refractivity (Wildman–Crippen MR) is 240 cm³/mol. The Labute approximate surface area is 370 Å². The molecule has 9 aliphatic heterocycles. The van der Waals surface area contributed by atoms with Crippen molar-refractivity contribution in [3.63, 3.8) is 0 Å². The zero-order valence-corrected chi connectivity index (χ0v) is 36.7. The Bertz CT molecular complexity index is 2670. The van der Waals surface area contributed by atoms with Crippen molar-refractivity contribution in [2.45, 2.75) is 102 Å². The molecule has 0 amide bonds. The van der Waals surface area contributed by atoms with Crippen molar-refractivity contribution in [2.75, 3.05) is 26.2 Å². The molecule has 8 heteroatoms. The van der Waals surface area contributed by atoms with Gasteiger partial charge in [0.15, 0.2) is 11.4 Å². The highest BCUT2D eigenvalue weighted by Gasteiger charge is 2.93. The highest BCUT2D eigenvalue weighted by molar-refractivity contribution is 6.00. The van der Waals surface area contributed by atoms with Crippen molar-refractivity contribution >= 4 is 18.0 Å². The van der Waals surface area contributed by atoms with Crippen LogP contribution in [0, 0.1) is 52.3 Å². The number of carbonyl (C=O) groups is 2. The van der Waals surface area contributed by atoms with Crippen LogP contribution in [0.5, 0.6) is 0 Å². The van der Waals surface area contributed by atoms with E-state index in [9.17, 15) is 9.90 Å². The third kappa shape index (κ3) is 4.42.